The quantitative estimate of drug-likeness (QED) is 0.653. The number of benzene rings is 1. The van der Waals surface area contributed by atoms with Crippen molar-refractivity contribution in [3.8, 4) is 0 Å². The average molecular weight is 310 g/mol. The van der Waals surface area contributed by atoms with Gasteiger partial charge >= 0.3 is 11.7 Å². The maximum Gasteiger partial charge on any atom is 0.319 e. The third-order valence-corrected chi connectivity index (χ3v) is 2.81. The van der Waals surface area contributed by atoms with Crippen LogP contribution in [0.5, 0.6) is 0 Å². The molecule has 0 spiro atoms. The maximum absolute atomic E-state index is 11.6. The second kappa shape index (κ2) is 6.71. The van der Waals surface area contributed by atoms with Crippen molar-refractivity contribution in [3.63, 3.8) is 0 Å². The predicted octanol–water partition coefficient (Wildman–Crippen LogP) is 2.27. The van der Waals surface area contributed by atoms with Crippen LogP contribution < -0.4 is 10.6 Å². The minimum atomic E-state index is -0.524. The van der Waals surface area contributed by atoms with E-state index in [1.807, 2.05) is 0 Å². The van der Waals surface area contributed by atoms with Crippen LogP contribution in [0, 0.1) is 10.1 Å². The second-order valence-electron chi connectivity index (χ2n) is 4.11. The summed E-state index contributed by atoms with van der Waals surface area (Å²) in [6.07, 6.45) is 2.46. The van der Waals surface area contributed by atoms with Crippen molar-refractivity contribution < 1.29 is 9.72 Å². The van der Waals surface area contributed by atoms with Gasteiger partial charge in [0.25, 0.3) is 0 Å². The van der Waals surface area contributed by atoms with Gasteiger partial charge in [0.15, 0.2) is 0 Å². The van der Waals surface area contributed by atoms with Gasteiger partial charge in [-0.1, -0.05) is 11.6 Å². The molecule has 2 rings (SSSR count). The van der Waals surface area contributed by atoms with Crippen molar-refractivity contribution in [2.24, 2.45) is 0 Å². The Balaban J connectivity index is 1.76. The summed E-state index contributed by atoms with van der Waals surface area (Å²) in [5.41, 5.74) is 0.534. The Labute approximate surface area is 124 Å². The van der Waals surface area contributed by atoms with Gasteiger partial charge in [0.05, 0.1) is 11.5 Å². The third-order valence-electron chi connectivity index (χ3n) is 2.56. The molecular formula is C12H12ClN5O3. The minimum Gasteiger partial charge on any atom is -0.336 e. The van der Waals surface area contributed by atoms with Gasteiger partial charge in [-0.3, -0.25) is 14.8 Å². The van der Waals surface area contributed by atoms with Crippen molar-refractivity contribution in [1.29, 1.82) is 0 Å². The molecule has 2 aromatic rings. The molecule has 21 heavy (non-hydrogen) atoms. The first-order valence-electron chi connectivity index (χ1n) is 6.02. The Hall–Kier alpha value is -2.61. The molecule has 0 aliphatic carbocycles. The highest BCUT2D eigenvalue weighted by molar-refractivity contribution is 6.30. The lowest BCUT2D eigenvalue weighted by Gasteiger charge is -2.07. The number of carbonyl (C=O) groups is 1. The van der Waals surface area contributed by atoms with Crippen LogP contribution in [0.2, 0.25) is 5.02 Å². The molecule has 0 aliphatic heterocycles. The number of nitrogens with one attached hydrogen (secondary N) is 2. The molecule has 0 saturated heterocycles. The summed E-state index contributed by atoms with van der Waals surface area (Å²) in [4.78, 5) is 21.6. The Morgan fingerprint density at radius 1 is 1.38 bits per heavy atom. The van der Waals surface area contributed by atoms with Crippen molar-refractivity contribution in [1.82, 2.24) is 15.1 Å². The van der Waals surface area contributed by atoms with E-state index in [4.69, 9.17) is 11.6 Å². The summed E-state index contributed by atoms with van der Waals surface area (Å²) >= 11 is 5.74. The van der Waals surface area contributed by atoms with E-state index in [0.29, 0.717) is 17.3 Å². The van der Waals surface area contributed by atoms with Crippen LogP contribution in [0.4, 0.5) is 16.2 Å². The average Bonchev–Trinajstić information content (AvgIpc) is 2.90. The molecule has 0 fully saturated rings. The number of amides is 2. The Bertz CT molecular complexity index is 641. The molecule has 0 saturated carbocycles. The number of hydrogen-bond donors (Lipinski definition) is 2. The summed E-state index contributed by atoms with van der Waals surface area (Å²) in [5.74, 6) is 0. The van der Waals surface area contributed by atoms with E-state index in [1.54, 1.807) is 24.3 Å². The van der Waals surface area contributed by atoms with Crippen molar-refractivity contribution in [2.45, 2.75) is 6.54 Å². The van der Waals surface area contributed by atoms with E-state index in [0.717, 1.165) is 6.20 Å². The van der Waals surface area contributed by atoms with Crippen LogP contribution >= 0.6 is 11.6 Å². The lowest BCUT2D eigenvalue weighted by Crippen LogP contribution is -2.31. The smallest absolute Gasteiger partial charge is 0.319 e. The van der Waals surface area contributed by atoms with E-state index in [-0.39, 0.29) is 18.3 Å². The number of urea groups is 1. The second-order valence-corrected chi connectivity index (χ2v) is 4.54. The van der Waals surface area contributed by atoms with Crippen molar-refractivity contribution >= 4 is 29.0 Å². The number of carbonyl (C=O) groups excluding carboxylic acids is 1. The fourth-order valence-corrected chi connectivity index (χ4v) is 1.69. The van der Waals surface area contributed by atoms with Crippen LogP contribution in [0.15, 0.2) is 36.7 Å². The largest absolute Gasteiger partial charge is 0.336 e. The molecule has 2 N–H and O–H groups in total. The summed E-state index contributed by atoms with van der Waals surface area (Å²) in [7, 11) is 0. The summed E-state index contributed by atoms with van der Waals surface area (Å²) < 4.78 is 1.39. The van der Waals surface area contributed by atoms with E-state index in [9.17, 15) is 14.9 Å². The van der Waals surface area contributed by atoms with Gasteiger partial charge in [0, 0.05) is 17.3 Å². The fourth-order valence-electron chi connectivity index (χ4n) is 1.56. The molecule has 0 radical (unpaired) electrons. The van der Waals surface area contributed by atoms with E-state index in [1.165, 1.54) is 10.9 Å². The van der Waals surface area contributed by atoms with Gasteiger partial charge < -0.3 is 10.6 Å². The maximum atomic E-state index is 11.6. The number of halogens is 1. The van der Waals surface area contributed by atoms with Gasteiger partial charge in [-0.05, 0) is 24.3 Å². The minimum absolute atomic E-state index is 0.0828. The lowest BCUT2D eigenvalue weighted by atomic mass is 10.3. The Morgan fingerprint density at radius 2 is 2.10 bits per heavy atom. The number of hydrogen-bond acceptors (Lipinski definition) is 4. The first kappa shape index (κ1) is 14.8. The lowest BCUT2D eigenvalue weighted by molar-refractivity contribution is -0.385. The van der Waals surface area contributed by atoms with Crippen LogP contribution in [0.3, 0.4) is 0 Å². The normalized spacial score (nSPS) is 10.1. The molecular weight excluding hydrogens is 298 g/mol. The van der Waals surface area contributed by atoms with Gasteiger partial charge in [0.1, 0.15) is 12.4 Å². The number of anilines is 1. The SMILES string of the molecule is O=C(NCCn1cc([N+](=O)[O-])cn1)Nc1ccc(Cl)cc1. The highest BCUT2D eigenvalue weighted by Crippen LogP contribution is 2.13. The Kier molecular flexibility index (Phi) is 4.72. The molecule has 110 valence electrons. The zero-order valence-corrected chi connectivity index (χ0v) is 11.6. The van der Waals surface area contributed by atoms with Gasteiger partial charge in [-0.2, -0.15) is 5.10 Å². The first-order chi connectivity index (χ1) is 10.0. The Morgan fingerprint density at radius 3 is 2.71 bits per heavy atom. The van der Waals surface area contributed by atoms with Gasteiger partial charge in [0.2, 0.25) is 0 Å². The van der Waals surface area contributed by atoms with E-state index >= 15 is 0 Å². The van der Waals surface area contributed by atoms with E-state index < -0.39 is 4.92 Å². The molecule has 0 atom stereocenters. The molecule has 0 bridgehead atoms. The number of nitrogens with zero attached hydrogens (tertiary/aromatic N) is 3. The molecule has 1 aromatic carbocycles. The summed E-state index contributed by atoms with van der Waals surface area (Å²) in [6.45, 7) is 0.625. The van der Waals surface area contributed by atoms with Crippen molar-refractivity contribution in [2.75, 3.05) is 11.9 Å². The summed E-state index contributed by atoms with van der Waals surface area (Å²) in [5, 5.41) is 20.1. The standard InChI is InChI=1S/C12H12ClN5O3/c13-9-1-3-10(4-2-9)16-12(19)14-5-6-17-8-11(7-15-17)18(20)21/h1-4,7-8H,5-6H2,(H2,14,16,19). The number of aromatic nitrogens is 2. The van der Waals surface area contributed by atoms with Crippen LogP contribution in [0.25, 0.3) is 0 Å². The highest BCUT2D eigenvalue weighted by Gasteiger charge is 2.08. The monoisotopic (exact) mass is 309 g/mol. The molecule has 9 heteroatoms. The first-order valence-corrected chi connectivity index (χ1v) is 6.39. The number of nitro groups is 1. The van der Waals surface area contributed by atoms with Crippen LogP contribution in [-0.4, -0.2) is 27.3 Å². The zero-order valence-electron chi connectivity index (χ0n) is 10.8. The van der Waals surface area contributed by atoms with Crippen LogP contribution in [0.1, 0.15) is 0 Å². The molecule has 2 amide bonds. The van der Waals surface area contributed by atoms with Crippen LogP contribution in [-0.2, 0) is 6.54 Å². The molecule has 1 heterocycles. The van der Waals surface area contributed by atoms with Crippen molar-refractivity contribution in [3.05, 3.63) is 51.8 Å². The molecule has 8 nitrogen and oxygen atoms in total. The van der Waals surface area contributed by atoms with E-state index in [2.05, 4.69) is 15.7 Å². The fraction of sp³-hybridized carbons (Fsp3) is 0.167. The van der Waals surface area contributed by atoms with Gasteiger partial charge in [-0.25, -0.2) is 4.79 Å². The van der Waals surface area contributed by atoms with Gasteiger partial charge in [-0.15, -0.1) is 0 Å². The third kappa shape index (κ3) is 4.46. The summed E-state index contributed by atoms with van der Waals surface area (Å²) in [6, 6.07) is 6.32. The molecule has 0 unspecified atom stereocenters. The predicted molar refractivity (Wildman–Crippen MR) is 77.4 cm³/mol. The molecule has 1 aromatic heterocycles. The zero-order chi connectivity index (χ0) is 15.2. The molecule has 0 aliphatic rings. The number of rotatable bonds is 5. The topological polar surface area (TPSA) is 102 Å². The highest BCUT2D eigenvalue weighted by atomic mass is 35.5.